The van der Waals surface area contributed by atoms with Gasteiger partial charge in [-0.15, -0.1) is 0 Å². The van der Waals surface area contributed by atoms with Crippen LogP contribution in [-0.4, -0.2) is 46.4 Å². The molecule has 1 aromatic rings. The van der Waals surface area contributed by atoms with E-state index >= 15 is 0 Å². The maximum absolute atomic E-state index is 11.7. The number of aliphatic hydroxyl groups is 1. The monoisotopic (exact) mass is 288 g/mol. The second kappa shape index (κ2) is 8.23. The number of ether oxygens (including phenoxy) is 1. The highest BCUT2D eigenvalue weighted by Crippen LogP contribution is 2.03. The lowest BCUT2D eigenvalue weighted by molar-refractivity contribution is 0.204. The molecular weight excluding hydrogens is 268 g/mol. The largest absolute Gasteiger partial charge is 0.395 e. The first-order valence-corrected chi connectivity index (χ1v) is 7.46. The summed E-state index contributed by atoms with van der Waals surface area (Å²) in [4.78, 5) is 0. The molecule has 0 spiro atoms. The smallest absolute Gasteiger partial charge is 0.277 e. The summed E-state index contributed by atoms with van der Waals surface area (Å²) in [7, 11) is -2.13. The lowest BCUT2D eigenvalue weighted by Gasteiger charge is -2.16. The first-order chi connectivity index (χ1) is 9.07. The van der Waals surface area contributed by atoms with Gasteiger partial charge < -0.3 is 9.84 Å². The molecule has 19 heavy (non-hydrogen) atoms. The Morgan fingerprint density at radius 2 is 2.00 bits per heavy atom. The summed E-state index contributed by atoms with van der Waals surface area (Å²) in [5, 5.41) is 9.24. The lowest BCUT2D eigenvalue weighted by atomic mass is 10.1. The van der Waals surface area contributed by atoms with Gasteiger partial charge in [0.1, 0.15) is 0 Å². The van der Waals surface area contributed by atoms with Gasteiger partial charge in [0.25, 0.3) is 10.2 Å². The van der Waals surface area contributed by atoms with E-state index in [2.05, 4.69) is 9.44 Å². The van der Waals surface area contributed by atoms with Crippen LogP contribution in [0.1, 0.15) is 5.56 Å². The van der Waals surface area contributed by atoms with E-state index in [1.165, 1.54) is 7.11 Å². The van der Waals surface area contributed by atoms with Crippen LogP contribution in [0.5, 0.6) is 0 Å². The van der Waals surface area contributed by atoms with E-state index in [-0.39, 0.29) is 13.2 Å². The molecule has 0 saturated heterocycles. The highest BCUT2D eigenvalue weighted by Gasteiger charge is 2.16. The molecule has 6 nitrogen and oxygen atoms in total. The van der Waals surface area contributed by atoms with Crippen LogP contribution < -0.4 is 9.44 Å². The fourth-order valence-electron chi connectivity index (χ4n) is 1.58. The predicted octanol–water partition coefficient (Wildman–Crippen LogP) is -0.340. The zero-order valence-corrected chi connectivity index (χ0v) is 11.7. The molecule has 1 aromatic carbocycles. The van der Waals surface area contributed by atoms with Crippen molar-refractivity contribution in [3.8, 4) is 0 Å². The molecule has 0 aromatic heterocycles. The van der Waals surface area contributed by atoms with Gasteiger partial charge >= 0.3 is 0 Å². The van der Waals surface area contributed by atoms with E-state index in [0.717, 1.165) is 5.56 Å². The third-order valence-corrected chi connectivity index (χ3v) is 3.69. The van der Waals surface area contributed by atoms with Crippen LogP contribution in [0.2, 0.25) is 0 Å². The van der Waals surface area contributed by atoms with Crippen LogP contribution in [0.15, 0.2) is 30.3 Å². The van der Waals surface area contributed by atoms with Crippen molar-refractivity contribution in [1.29, 1.82) is 0 Å². The Hall–Kier alpha value is -0.990. The third-order valence-electron chi connectivity index (χ3n) is 2.47. The van der Waals surface area contributed by atoms with Gasteiger partial charge in [0.2, 0.25) is 0 Å². The second-order valence-corrected chi connectivity index (χ2v) is 5.61. The number of aliphatic hydroxyl groups excluding tert-OH is 1. The Kier molecular flexibility index (Phi) is 6.96. The number of methoxy groups -OCH3 is 1. The minimum Gasteiger partial charge on any atom is -0.395 e. The molecule has 0 amide bonds. The maximum atomic E-state index is 11.7. The summed E-state index contributed by atoms with van der Waals surface area (Å²) in [5.74, 6) is 0. The van der Waals surface area contributed by atoms with Crippen molar-refractivity contribution in [2.45, 2.75) is 12.5 Å². The topological polar surface area (TPSA) is 87.7 Å². The predicted molar refractivity (Wildman–Crippen MR) is 73.0 cm³/mol. The van der Waals surface area contributed by atoms with Crippen LogP contribution in [-0.2, 0) is 21.4 Å². The van der Waals surface area contributed by atoms with Crippen molar-refractivity contribution in [2.24, 2.45) is 0 Å². The molecule has 0 aliphatic heterocycles. The van der Waals surface area contributed by atoms with Crippen molar-refractivity contribution in [3.05, 3.63) is 35.9 Å². The Morgan fingerprint density at radius 3 is 2.58 bits per heavy atom. The summed E-state index contributed by atoms with van der Waals surface area (Å²) >= 11 is 0. The Morgan fingerprint density at radius 1 is 1.32 bits per heavy atom. The number of hydrogen-bond donors (Lipinski definition) is 3. The molecule has 0 heterocycles. The zero-order chi connectivity index (χ0) is 14.1. The lowest BCUT2D eigenvalue weighted by Crippen LogP contribution is -2.46. The minimum absolute atomic E-state index is 0.190. The van der Waals surface area contributed by atoms with Crippen molar-refractivity contribution < 1.29 is 18.3 Å². The molecule has 1 atom stereocenters. The van der Waals surface area contributed by atoms with Crippen molar-refractivity contribution in [2.75, 3.05) is 26.9 Å². The first-order valence-electron chi connectivity index (χ1n) is 5.98. The molecule has 3 N–H and O–H groups in total. The van der Waals surface area contributed by atoms with Gasteiger partial charge in [0.15, 0.2) is 0 Å². The molecule has 0 fully saturated rings. The van der Waals surface area contributed by atoms with Gasteiger partial charge in [-0.1, -0.05) is 30.3 Å². The van der Waals surface area contributed by atoms with Crippen LogP contribution in [0.3, 0.4) is 0 Å². The molecule has 0 aliphatic rings. The van der Waals surface area contributed by atoms with E-state index in [1.807, 2.05) is 30.3 Å². The minimum atomic E-state index is -3.63. The SMILES string of the molecule is COCCNS(=O)(=O)N[C@H](CO)Cc1ccccc1. The average molecular weight is 288 g/mol. The van der Waals surface area contributed by atoms with Crippen LogP contribution >= 0.6 is 0 Å². The van der Waals surface area contributed by atoms with Gasteiger partial charge in [-0.05, 0) is 12.0 Å². The zero-order valence-electron chi connectivity index (χ0n) is 10.9. The fraction of sp³-hybridized carbons (Fsp3) is 0.500. The van der Waals surface area contributed by atoms with E-state index in [4.69, 9.17) is 4.74 Å². The molecule has 0 bridgehead atoms. The second-order valence-electron chi connectivity index (χ2n) is 4.08. The van der Waals surface area contributed by atoms with Crippen molar-refractivity contribution in [3.63, 3.8) is 0 Å². The van der Waals surface area contributed by atoms with E-state index in [1.54, 1.807) is 0 Å². The number of benzene rings is 1. The van der Waals surface area contributed by atoms with E-state index in [9.17, 15) is 13.5 Å². The van der Waals surface area contributed by atoms with Gasteiger partial charge in [0.05, 0.1) is 19.3 Å². The van der Waals surface area contributed by atoms with Gasteiger partial charge in [-0.3, -0.25) is 0 Å². The Balaban J connectivity index is 2.52. The Labute approximate surface area is 114 Å². The molecule has 1 rings (SSSR count). The normalized spacial score (nSPS) is 13.4. The van der Waals surface area contributed by atoms with Crippen molar-refractivity contribution in [1.82, 2.24) is 9.44 Å². The molecule has 0 radical (unpaired) electrons. The molecule has 0 aliphatic carbocycles. The highest BCUT2D eigenvalue weighted by atomic mass is 32.2. The van der Waals surface area contributed by atoms with Crippen molar-refractivity contribution >= 4 is 10.2 Å². The Bertz CT molecular complexity index is 450. The standard InChI is InChI=1S/C12H20N2O4S/c1-18-8-7-13-19(16,17)14-12(10-15)9-11-5-3-2-4-6-11/h2-6,12-15H,7-10H2,1H3/t12-/m0/s1. The molecule has 0 unspecified atom stereocenters. The first kappa shape index (κ1) is 16.1. The molecule has 0 saturated carbocycles. The molecule has 7 heteroatoms. The number of hydrogen-bond acceptors (Lipinski definition) is 4. The summed E-state index contributed by atoms with van der Waals surface area (Å²) in [6, 6.07) is 8.84. The van der Waals surface area contributed by atoms with Crippen LogP contribution in [0.25, 0.3) is 0 Å². The molecular formula is C12H20N2O4S. The average Bonchev–Trinajstić information content (AvgIpc) is 2.39. The fourth-order valence-corrected chi connectivity index (χ4v) is 2.61. The van der Waals surface area contributed by atoms with Gasteiger partial charge in [0, 0.05) is 13.7 Å². The maximum Gasteiger partial charge on any atom is 0.277 e. The summed E-state index contributed by atoms with van der Waals surface area (Å²) in [5.41, 5.74) is 0.959. The van der Waals surface area contributed by atoms with Gasteiger partial charge in [-0.25, -0.2) is 0 Å². The highest BCUT2D eigenvalue weighted by molar-refractivity contribution is 7.87. The van der Waals surface area contributed by atoms with E-state index < -0.39 is 16.3 Å². The number of nitrogens with one attached hydrogen (secondary N) is 2. The number of rotatable bonds is 9. The summed E-state index contributed by atoms with van der Waals surface area (Å²) < 4.78 is 32.9. The third kappa shape index (κ3) is 6.65. The molecule has 108 valence electrons. The quantitative estimate of drug-likeness (QED) is 0.543. The summed E-state index contributed by atoms with van der Waals surface area (Å²) in [6.45, 7) is 0.221. The van der Waals surface area contributed by atoms with Crippen LogP contribution in [0.4, 0.5) is 0 Å². The van der Waals surface area contributed by atoms with Gasteiger partial charge in [-0.2, -0.15) is 17.9 Å². The summed E-state index contributed by atoms with van der Waals surface area (Å²) in [6.07, 6.45) is 0.433. The van der Waals surface area contributed by atoms with Crippen LogP contribution in [0, 0.1) is 0 Å². The van der Waals surface area contributed by atoms with E-state index in [0.29, 0.717) is 13.0 Å².